The van der Waals surface area contributed by atoms with Gasteiger partial charge in [0.1, 0.15) is 0 Å². The Bertz CT molecular complexity index is 1020. The molecule has 2 aromatic carbocycles. The third-order valence-electron chi connectivity index (χ3n) is 6.83. The Labute approximate surface area is 200 Å². The third-order valence-corrected chi connectivity index (χ3v) is 6.83. The molecule has 0 radical (unpaired) electrons. The van der Waals surface area contributed by atoms with E-state index in [1.54, 1.807) is 14.2 Å². The van der Waals surface area contributed by atoms with Gasteiger partial charge in [0.25, 0.3) is 0 Å². The van der Waals surface area contributed by atoms with Crippen LogP contribution < -0.4 is 20.1 Å². The number of benzene rings is 2. The van der Waals surface area contributed by atoms with E-state index in [4.69, 9.17) is 14.6 Å². The minimum atomic E-state index is -1.02. The van der Waals surface area contributed by atoms with Gasteiger partial charge in [0.15, 0.2) is 11.5 Å². The van der Waals surface area contributed by atoms with Gasteiger partial charge < -0.3 is 30.1 Å². The van der Waals surface area contributed by atoms with Crippen molar-refractivity contribution < 1.29 is 24.2 Å². The highest BCUT2D eigenvalue weighted by Crippen LogP contribution is 2.35. The van der Waals surface area contributed by atoms with Gasteiger partial charge in [-0.05, 0) is 59.2 Å². The molecule has 0 spiro atoms. The van der Waals surface area contributed by atoms with Gasteiger partial charge in [-0.3, -0.25) is 4.79 Å². The number of hydrogen-bond donors (Lipinski definition) is 3. The van der Waals surface area contributed by atoms with Crippen molar-refractivity contribution in [2.45, 2.75) is 38.1 Å². The molecule has 8 nitrogen and oxygen atoms in total. The zero-order chi connectivity index (χ0) is 24.1. The molecule has 0 aromatic heterocycles. The zero-order valence-electron chi connectivity index (χ0n) is 19.9. The molecule has 0 bridgehead atoms. The Morgan fingerprint density at radius 2 is 1.71 bits per heavy atom. The Balaban J connectivity index is 1.22. The lowest BCUT2D eigenvalue weighted by atomic mass is 9.76. The molecule has 4 rings (SSSR count). The van der Waals surface area contributed by atoms with Gasteiger partial charge in [0.05, 0.1) is 14.2 Å². The highest BCUT2D eigenvalue weighted by atomic mass is 16.5. The fourth-order valence-corrected chi connectivity index (χ4v) is 4.85. The summed E-state index contributed by atoms with van der Waals surface area (Å²) >= 11 is 0. The minimum Gasteiger partial charge on any atom is -0.493 e. The van der Waals surface area contributed by atoms with Crippen LogP contribution in [0.2, 0.25) is 0 Å². The first-order valence-corrected chi connectivity index (χ1v) is 11.8. The van der Waals surface area contributed by atoms with Crippen LogP contribution in [0.25, 0.3) is 0 Å². The van der Waals surface area contributed by atoms with Gasteiger partial charge in [-0.25, -0.2) is 4.79 Å². The monoisotopic (exact) mass is 467 g/mol. The summed E-state index contributed by atoms with van der Waals surface area (Å²) in [5.74, 6) is 2.05. The largest absolute Gasteiger partial charge is 0.493 e. The quantitative estimate of drug-likeness (QED) is 0.491. The molecular weight excluding hydrogens is 434 g/mol. The smallest absolute Gasteiger partial charge is 0.404 e. The highest BCUT2D eigenvalue weighted by molar-refractivity contribution is 5.76. The van der Waals surface area contributed by atoms with Crippen LogP contribution in [-0.2, 0) is 30.6 Å². The van der Waals surface area contributed by atoms with Crippen molar-refractivity contribution in [2.75, 3.05) is 40.4 Å². The maximum atomic E-state index is 12.8. The number of nitrogens with one attached hydrogen (secondary N) is 2. The molecule has 182 valence electrons. The molecule has 2 aliphatic rings. The van der Waals surface area contributed by atoms with E-state index in [2.05, 4.69) is 22.8 Å². The molecule has 2 amide bonds. The molecule has 0 fully saturated rings. The lowest BCUT2D eigenvalue weighted by Crippen LogP contribution is -2.36. The molecule has 0 saturated carbocycles. The van der Waals surface area contributed by atoms with Crippen molar-refractivity contribution in [2.24, 2.45) is 0 Å². The average Bonchev–Trinajstić information content (AvgIpc) is 3.04. The molecule has 8 heteroatoms. The van der Waals surface area contributed by atoms with Crippen LogP contribution >= 0.6 is 0 Å². The van der Waals surface area contributed by atoms with Gasteiger partial charge in [-0.1, -0.05) is 18.2 Å². The topological polar surface area (TPSA) is 100 Å². The minimum absolute atomic E-state index is 0.176. The Morgan fingerprint density at radius 3 is 2.32 bits per heavy atom. The number of carboxylic acid groups (broad SMARTS) is 1. The van der Waals surface area contributed by atoms with E-state index in [9.17, 15) is 9.59 Å². The number of carbonyl (C=O) groups excluding carboxylic acids is 1. The van der Waals surface area contributed by atoms with Crippen LogP contribution in [0.1, 0.15) is 40.2 Å². The number of rotatable bonds is 9. The van der Waals surface area contributed by atoms with Crippen molar-refractivity contribution in [3.05, 3.63) is 58.1 Å². The first-order chi connectivity index (χ1) is 16.5. The lowest BCUT2D eigenvalue weighted by molar-refractivity contribution is -0.131. The fraction of sp³-hybridized carbons (Fsp3) is 0.462. The average molecular weight is 468 g/mol. The SMILES string of the molecule is COc1cc2c(cc1OC)CCN(C(=O)CCNCC1Cc3ccc(CNC(=O)O)cc31)CC2. The maximum absolute atomic E-state index is 12.8. The van der Waals surface area contributed by atoms with Crippen LogP contribution in [0, 0.1) is 0 Å². The number of ether oxygens (including phenoxy) is 2. The van der Waals surface area contributed by atoms with E-state index in [0.29, 0.717) is 38.5 Å². The predicted molar refractivity (Wildman–Crippen MR) is 129 cm³/mol. The van der Waals surface area contributed by atoms with Crippen molar-refractivity contribution in [1.82, 2.24) is 15.5 Å². The van der Waals surface area contributed by atoms with Gasteiger partial charge in [-0.15, -0.1) is 0 Å². The van der Waals surface area contributed by atoms with E-state index in [1.807, 2.05) is 23.1 Å². The number of methoxy groups -OCH3 is 2. The van der Waals surface area contributed by atoms with Crippen molar-refractivity contribution in [3.63, 3.8) is 0 Å². The van der Waals surface area contributed by atoms with Crippen LogP contribution in [0.4, 0.5) is 4.79 Å². The second-order valence-electron chi connectivity index (χ2n) is 8.90. The number of nitrogens with zero attached hydrogens (tertiary/aromatic N) is 1. The summed E-state index contributed by atoms with van der Waals surface area (Å²) in [4.78, 5) is 25.5. The third kappa shape index (κ3) is 5.44. The maximum Gasteiger partial charge on any atom is 0.404 e. The summed E-state index contributed by atoms with van der Waals surface area (Å²) in [7, 11) is 3.28. The molecule has 3 N–H and O–H groups in total. The molecule has 1 aliphatic carbocycles. The first kappa shape index (κ1) is 23.9. The number of hydrogen-bond acceptors (Lipinski definition) is 5. The van der Waals surface area contributed by atoms with Gasteiger partial charge in [-0.2, -0.15) is 0 Å². The van der Waals surface area contributed by atoms with E-state index in [0.717, 1.165) is 42.9 Å². The summed E-state index contributed by atoms with van der Waals surface area (Å²) in [6.45, 7) is 3.21. The second-order valence-corrected chi connectivity index (χ2v) is 8.90. The van der Waals surface area contributed by atoms with E-state index >= 15 is 0 Å². The van der Waals surface area contributed by atoms with Crippen molar-refractivity contribution in [1.29, 1.82) is 0 Å². The van der Waals surface area contributed by atoms with E-state index in [1.165, 1.54) is 22.3 Å². The van der Waals surface area contributed by atoms with Crippen molar-refractivity contribution >= 4 is 12.0 Å². The molecule has 1 heterocycles. The van der Waals surface area contributed by atoms with Crippen LogP contribution in [0.3, 0.4) is 0 Å². The Kier molecular flexibility index (Phi) is 7.57. The Morgan fingerprint density at radius 1 is 1.03 bits per heavy atom. The summed E-state index contributed by atoms with van der Waals surface area (Å²) in [6, 6.07) is 10.2. The molecule has 1 unspecified atom stereocenters. The van der Waals surface area contributed by atoms with E-state index in [-0.39, 0.29) is 5.91 Å². The van der Waals surface area contributed by atoms with Crippen LogP contribution in [0.15, 0.2) is 30.3 Å². The number of fused-ring (bicyclic) bond motifs is 2. The Hall–Kier alpha value is -3.26. The standard InChI is InChI=1S/C26H33N3O5/c1-33-23-13-18-6-9-29(10-7-19(18)14-24(23)34-2)25(30)5-8-27-16-21-12-20-4-3-17(11-22(20)21)15-28-26(31)32/h3-4,11,13-14,21,27-28H,5-10,12,15-16H2,1-2H3,(H,31,32). The summed E-state index contributed by atoms with van der Waals surface area (Å²) < 4.78 is 10.9. The number of amides is 2. The first-order valence-electron chi connectivity index (χ1n) is 11.8. The number of carbonyl (C=O) groups is 2. The molecule has 1 atom stereocenters. The normalized spacial score (nSPS) is 16.5. The summed E-state index contributed by atoms with van der Waals surface area (Å²) in [5, 5.41) is 14.6. The second kappa shape index (κ2) is 10.8. The molecule has 1 aliphatic heterocycles. The van der Waals surface area contributed by atoms with Crippen LogP contribution in [0.5, 0.6) is 11.5 Å². The van der Waals surface area contributed by atoms with E-state index < -0.39 is 6.09 Å². The van der Waals surface area contributed by atoms with Crippen LogP contribution in [-0.4, -0.2) is 62.4 Å². The molecular formula is C26H33N3O5. The molecule has 2 aromatic rings. The highest BCUT2D eigenvalue weighted by Gasteiger charge is 2.26. The zero-order valence-corrected chi connectivity index (χ0v) is 19.9. The van der Waals surface area contributed by atoms with Gasteiger partial charge >= 0.3 is 6.09 Å². The summed E-state index contributed by atoms with van der Waals surface area (Å²) in [5.41, 5.74) is 6.00. The predicted octanol–water partition coefficient (Wildman–Crippen LogP) is 2.72. The fourth-order valence-electron chi connectivity index (χ4n) is 4.85. The van der Waals surface area contributed by atoms with Crippen molar-refractivity contribution in [3.8, 4) is 11.5 Å². The molecule has 0 saturated heterocycles. The van der Waals surface area contributed by atoms with Gasteiger partial charge in [0, 0.05) is 45.1 Å². The summed E-state index contributed by atoms with van der Waals surface area (Å²) in [6.07, 6.45) is 2.10. The molecule has 34 heavy (non-hydrogen) atoms. The lowest BCUT2D eigenvalue weighted by Gasteiger charge is -2.31. The van der Waals surface area contributed by atoms with Gasteiger partial charge in [0.2, 0.25) is 5.91 Å².